The molecule has 1 aromatic rings. The SMILES string of the molecule is CCN(CC(N)=O)c1ncc(Br)cc1F. The number of rotatable bonds is 4. The molecule has 1 rings (SSSR count). The van der Waals surface area contributed by atoms with E-state index in [-0.39, 0.29) is 12.4 Å². The summed E-state index contributed by atoms with van der Waals surface area (Å²) in [5.41, 5.74) is 5.05. The number of pyridine rings is 1. The van der Waals surface area contributed by atoms with Crippen LogP contribution in [0.25, 0.3) is 0 Å². The quantitative estimate of drug-likeness (QED) is 0.901. The van der Waals surface area contributed by atoms with Gasteiger partial charge in [0.1, 0.15) is 0 Å². The van der Waals surface area contributed by atoms with Crippen LogP contribution in [0.4, 0.5) is 10.2 Å². The van der Waals surface area contributed by atoms with Crippen LogP contribution in [-0.2, 0) is 4.79 Å². The third kappa shape index (κ3) is 3.16. The molecule has 0 unspecified atom stereocenters. The van der Waals surface area contributed by atoms with Crippen molar-refractivity contribution in [1.82, 2.24) is 4.98 Å². The molecule has 0 aliphatic carbocycles. The molecular weight excluding hydrogens is 265 g/mol. The lowest BCUT2D eigenvalue weighted by Gasteiger charge is -2.20. The molecular formula is C9H11BrFN3O. The van der Waals surface area contributed by atoms with E-state index in [0.29, 0.717) is 11.0 Å². The first kappa shape index (κ1) is 11.9. The molecule has 0 aromatic carbocycles. The molecule has 0 saturated carbocycles. The van der Waals surface area contributed by atoms with Crippen LogP contribution in [0.1, 0.15) is 6.92 Å². The summed E-state index contributed by atoms with van der Waals surface area (Å²) >= 11 is 3.11. The molecule has 0 bridgehead atoms. The van der Waals surface area contributed by atoms with Crippen LogP contribution in [0.2, 0.25) is 0 Å². The van der Waals surface area contributed by atoms with E-state index in [4.69, 9.17) is 5.73 Å². The van der Waals surface area contributed by atoms with Crippen molar-refractivity contribution in [2.45, 2.75) is 6.92 Å². The molecule has 0 aliphatic rings. The van der Waals surface area contributed by atoms with Crippen molar-refractivity contribution >= 4 is 27.7 Å². The Morgan fingerprint density at radius 3 is 2.87 bits per heavy atom. The predicted molar refractivity (Wildman–Crippen MR) is 59.0 cm³/mol. The number of hydrogen-bond acceptors (Lipinski definition) is 3. The van der Waals surface area contributed by atoms with Gasteiger partial charge in [-0.05, 0) is 28.9 Å². The molecule has 2 N–H and O–H groups in total. The molecule has 0 aliphatic heterocycles. The van der Waals surface area contributed by atoms with Crippen LogP contribution in [0, 0.1) is 5.82 Å². The number of halogens is 2. The highest BCUT2D eigenvalue weighted by Crippen LogP contribution is 2.19. The number of amides is 1. The van der Waals surface area contributed by atoms with E-state index in [9.17, 15) is 9.18 Å². The highest BCUT2D eigenvalue weighted by Gasteiger charge is 2.13. The van der Waals surface area contributed by atoms with Gasteiger partial charge >= 0.3 is 0 Å². The lowest BCUT2D eigenvalue weighted by atomic mass is 10.4. The molecule has 0 spiro atoms. The second kappa shape index (κ2) is 5.06. The first-order chi connectivity index (χ1) is 7.04. The van der Waals surface area contributed by atoms with Gasteiger partial charge in [0.2, 0.25) is 5.91 Å². The molecule has 82 valence electrons. The highest BCUT2D eigenvalue weighted by molar-refractivity contribution is 9.10. The standard InChI is InChI=1S/C9H11BrFN3O/c1-2-14(5-8(12)15)9-7(11)3-6(10)4-13-9/h3-4H,2,5H2,1H3,(H2,12,15). The van der Waals surface area contributed by atoms with Crippen LogP contribution in [0.5, 0.6) is 0 Å². The summed E-state index contributed by atoms with van der Waals surface area (Å²) in [6, 6.07) is 1.30. The van der Waals surface area contributed by atoms with Crippen molar-refractivity contribution in [3.63, 3.8) is 0 Å². The predicted octanol–water partition coefficient (Wildman–Crippen LogP) is 1.29. The van der Waals surface area contributed by atoms with E-state index in [0.717, 1.165) is 0 Å². The van der Waals surface area contributed by atoms with Crippen molar-refractivity contribution in [1.29, 1.82) is 0 Å². The average Bonchev–Trinajstić information content (AvgIpc) is 2.14. The van der Waals surface area contributed by atoms with E-state index in [1.54, 1.807) is 6.92 Å². The Bertz CT molecular complexity index is 372. The number of likely N-dealkylation sites (N-methyl/N-ethyl adjacent to an activating group) is 1. The Morgan fingerprint density at radius 1 is 1.73 bits per heavy atom. The van der Waals surface area contributed by atoms with E-state index in [1.165, 1.54) is 17.2 Å². The number of anilines is 1. The zero-order chi connectivity index (χ0) is 11.4. The van der Waals surface area contributed by atoms with Gasteiger partial charge in [-0.25, -0.2) is 9.37 Å². The molecule has 0 saturated heterocycles. The number of nitrogens with two attached hydrogens (primary N) is 1. The monoisotopic (exact) mass is 275 g/mol. The summed E-state index contributed by atoms with van der Waals surface area (Å²) in [5, 5.41) is 0. The molecule has 0 fully saturated rings. The fourth-order valence-electron chi connectivity index (χ4n) is 1.16. The van der Waals surface area contributed by atoms with Crippen LogP contribution >= 0.6 is 15.9 Å². The van der Waals surface area contributed by atoms with Gasteiger partial charge in [-0.1, -0.05) is 0 Å². The minimum absolute atomic E-state index is 0.0396. The molecule has 0 atom stereocenters. The third-order valence-electron chi connectivity index (χ3n) is 1.82. The van der Waals surface area contributed by atoms with Gasteiger partial charge in [0, 0.05) is 17.2 Å². The third-order valence-corrected chi connectivity index (χ3v) is 2.25. The second-order valence-electron chi connectivity index (χ2n) is 2.94. The largest absolute Gasteiger partial charge is 0.368 e. The first-order valence-corrected chi connectivity index (χ1v) is 5.18. The van der Waals surface area contributed by atoms with Gasteiger partial charge in [0.05, 0.1) is 6.54 Å². The molecule has 1 heterocycles. The maximum Gasteiger partial charge on any atom is 0.236 e. The summed E-state index contributed by atoms with van der Waals surface area (Å²) in [5.74, 6) is -0.854. The summed E-state index contributed by atoms with van der Waals surface area (Å²) in [6.07, 6.45) is 1.47. The Balaban J connectivity index is 2.96. The Kier molecular flexibility index (Phi) is 4.02. The van der Waals surface area contributed by atoms with Crippen molar-refractivity contribution in [3.05, 3.63) is 22.6 Å². The summed E-state index contributed by atoms with van der Waals surface area (Å²) in [7, 11) is 0. The molecule has 1 aromatic heterocycles. The number of primary amides is 1. The van der Waals surface area contributed by atoms with Gasteiger partial charge in [-0.3, -0.25) is 4.79 Å². The van der Waals surface area contributed by atoms with E-state index in [1.807, 2.05) is 0 Å². The van der Waals surface area contributed by atoms with Crippen LogP contribution < -0.4 is 10.6 Å². The maximum atomic E-state index is 13.5. The van der Waals surface area contributed by atoms with Gasteiger partial charge < -0.3 is 10.6 Å². The molecule has 15 heavy (non-hydrogen) atoms. The zero-order valence-corrected chi connectivity index (χ0v) is 9.79. The smallest absolute Gasteiger partial charge is 0.236 e. The summed E-state index contributed by atoms with van der Waals surface area (Å²) in [6.45, 7) is 2.22. The zero-order valence-electron chi connectivity index (χ0n) is 8.20. The lowest BCUT2D eigenvalue weighted by Crippen LogP contribution is -2.34. The van der Waals surface area contributed by atoms with Gasteiger partial charge in [0.15, 0.2) is 11.6 Å². The topological polar surface area (TPSA) is 59.2 Å². The van der Waals surface area contributed by atoms with Crippen molar-refractivity contribution < 1.29 is 9.18 Å². The molecule has 6 heteroatoms. The van der Waals surface area contributed by atoms with E-state index in [2.05, 4.69) is 20.9 Å². The lowest BCUT2D eigenvalue weighted by molar-refractivity contribution is -0.116. The van der Waals surface area contributed by atoms with Gasteiger partial charge in [-0.2, -0.15) is 0 Å². The van der Waals surface area contributed by atoms with Crippen LogP contribution in [-0.4, -0.2) is 24.0 Å². The Morgan fingerprint density at radius 2 is 2.40 bits per heavy atom. The second-order valence-corrected chi connectivity index (χ2v) is 3.86. The fourth-order valence-corrected chi connectivity index (χ4v) is 1.47. The Hall–Kier alpha value is -1.17. The van der Waals surface area contributed by atoms with Gasteiger partial charge in [0.25, 0.3) is 0 Å². The average molecular weight is 276 g/mol. The van der Waals surface area contributed by atoms with E-state index < -0.39 is 11.7 Å². The molecule has 4 nitrogen and oxygen atoms in total. The number of hydrogen-bond donors (Lipinski definition) is 1. The highest BCUT2D eigenvalue weighted by atomic mass is 79.9. The number of nitrogens with zero attached hydrogens (tertiary/aromatic N) is 2. The van der Waals surface area contributed by atoms with Crippen molar-refractivity contribution in [2.24, 2.45) is 5.73 Å². The van der Waals surface area contributed by atoms with E-state index >= 15 is 0 Å². The molecule has 1 amide bonds. The number of aromatic nitrogens is 1. The Labute approximate surface area is 95.4 Å². The summed E-state index contributed by atoms with van der Waals surface area (Å²) < 4.78 is 14.0. The van der Waals surface area contributed by atoms with Crippen LogP contribution in [0.15, 0.2) is 16.7 Å². The molecule has 0 radical (unpaired) electrons. The first-order valence-electron chi connectivity index (χ1n) is 4.39. The normalized spacial score (nSPS) is 10.1. The summed E-state index contributed by atoms with van der Waals surface area (Å²) in [4.78, 5) is 16.1. The minimum Gasteiger partial charge on any atom is -0.368 e. The minimum atomic E-state index is -0.513. The van der Waals surface area contributed by atoms with Crippen LogP contribution in [0.3, 0.4) is 0 Å². The van der Waals surface area contributed by atoms with Crippen molar-refractivity contribution in [3.8, 4) is 0 Å². The maximum absolute atomic E-state index is 13.5. The van der Waals surface area contributed by atoms with Gasteiger partial charge in [-0.15, -0.1) is 0 Å². The van der Waals surface area contributed by atoms with Crippen molar-refractivity contribution in [2.75, 3.05) is 18.0 Å². The fraction of sp³-hybridized carbons (Fsp3) is 0.333. The number of carbonyl (C=O) groups excluding carboxylic acids is 1. The number of carbonyl (C=O) groups is 1.